The molecule has 2 aromatic heterocycles. The smallest absolute Gasteiger partial charge is 0.274 e. The Balaban J connectivity index is 1.49. The second-order valence-electron chi connectivity index (χ2n) is 9.11. The summed E-state index contributed by atoms with van der Waals surface area (Å²) in [5, 5.41) is 6.98. The van der Waals surface area contributed by atoms with Gasteiger partial charge in [-0.15, -0.1) is 0 Å². The van der Waals surface area contributed by atoms with Gasteiger partial charge in [-0.3, -0.25) is 9.59 Å². The highest BCUT2D eigenvalue weighted by Gasteiger charge is 2.31. The van der Waals surface area contributed by atoms with Crippen LogP contribution >= 0.6 is 0 Å². The number of amides is 1. The van der Waals surface area contributed by atoms with Crippen molar-refractivity contribution in [3.05, 3.63) is 58.1 Å². The zero-order valence-corrected chi connectivity index (χ0v) is 20.1. The van der Waals surface area contributed by atoms with E-state index in [1.54, 1.807) is 40.9 Å². The van der Waals surface area contributed by atoms with Crippen LogP contribution in [0.15, 0.2) is 46.1 Å². The first-order valence-electron chi connectivity index (χ1n) is 11.0. The first-order valence-corrected chi connectivity index (χ1v) is 12.5. The van der Waals surface area contributed by atoms with Crippen molar-refractivity contribution in [3.63, 3.8) is 0 Å². The van der Waals surface area contributed by atoms with Gasteiger partial charge in [0.05, 0.1) is 10.6 Å². The molecule has 10 heteroatoms. The minimum absolute atomic E-state index is 0.00957. The lowest BCUT2D eigenvalue weighted by atomic mass is 9.94. The number of carbonyl (C=O) groups excluding carboxylic acids is 1. The van der Waals surface area contributed by atoms with Gasteiger partial charge in [0.25, 0.3) is 5.56 Å². The van der Waals surface area contributed by atoms with Crippen LogP contribution in [0.4, 0.5) is 5.69 Å². The zero-order valence-electron chi connectivity index (χ0n) is 19.3. The third-order valence-electron chi connectivity index (χ3n) is 5.97. The molecule has 33 heavy (non-hydrogen) atoms. The van der Waals surface area contributed by atoms with Crippen LogP contribution in [-0.4, -0.2) is 45.9 Å². The van der Waals surface area contributed by atoms with E-state index in [-0.39, 0.29) is 22.9 Å². The van der Waals surface area contributed by atoms with E-state index in [0.717, 1.165) is 6.42 Å². The van der Waals surface area contributed by atoms with E-state index >= 15 is 0 Å². The van der Waals surface area contributed by atoms with E-state index in [4.69, 9.17) is 0 Å². The summed E-state index contributed by atoms with van der Waals surface area (Å²) < 4.78 is 30.6. The third-order valence-corrected chi connectivity index (χ3v) is 7.81. The molecule has 3 aromatic rings. The number of nitrogens with one attached hydrogen (secondary N) is 1. The number of carbonyl (C=O) groups is 1. The molecule has 1 aromatic carbocycles. The number of fused-ring (bicyclic) bond motifs is 1. The molecule has 0 bridgehead atoms. The fraction of sp³-hybridized carbons (Fsp3) is 0.435. The normalized spacial score (nSPS) is 19.6. The number of anilines is 1. The largest absolute Gasteiger partial charge is 0.325 e. The van der Waals surface area contributed by atoms with Crippen molar-refractivity contribution in [2.45, 2.75) is 45.6 Å². The van der Waals surface area contributed by atoms with Gasteiger partial charge >= 0.3 is 0 Å². The van der Waals surface area contributed by atoms with Gasteiger partial charge in [-0.1, -0.05) is 13.8 Å². The molecular weight excluding hydrogens is 442 g/mol. The lowest BCUT2D eigenvalue weighted by Crippen LogP contribution is -2.42. The van der Waals surface area contributed by atoms with Gasteiger partial charge in [-0.05, 0) is 56.4 Å². The Morgan fingerprint density at radius 3 is 2.36 bits per heavy atom. The molecule has 0 radical (unpaired) electrons. The van der Waals surface area contributed by atoms with E-state index in [9.17, 15) is 18.0 Å². The summed E-state index contributed by atoms with van der Waals surface area (Å²) >= 11 is 0. The van der Waals surface area contributed by atoms with Gasteiger partial charge in [0, 0.05) is 36.6 Å². The van der Waals surface area contributed by atoms with E-state index in [1.165, 1.54) is 22.7 Å². The lowest BCUT2D eigenvalue weighted by Gasteiger charge is -2.34. The van der Waals surface area contributed by atoms with Gasteiger partial charge < -0.3 is 9.88 Å². The molecule has 0 spiro atoms. The standard InChI is InChI=1S/C23H29N5O4S/c1-15-9-16(2)13-26(12-15)33(31,32)20-7-5-19(6-8-20)24-21(29)14-27-18(4)11-23(30)28-22(27)10-17(3)25-28/h5-8,10-11,15-16H,9,12-14H2,1-4H3,(H,24,29)/t15-,16-/m0/s1. The highest BCUT2D eigenvalue weighted by atomic mass is 32.2. The van der Waals surface area contributed by atoms with E-state index in [2.05, 4.69) is 24.3 Å². The minimum Gasteiger partial charge on any atom is -0.325 e. The summed E-state index contributed by atoms with van der Waals surface area (Å²) in [6, 6.07) is 9.44. The molecule has 4 rings (SSSR count). The van der Waals surface area contributed by atoms with Crippen LogP contribution in [0.2, 0.25) is 0 Å². The molecule has 0 aliphatic carbocycles. The number of aromatic nitrogens is 3. The molecule has 1 aliphatic heterocycles. The molecule has 9 nitrogen and oxygen atoms in total. The molecule has 1 saturated heterocycles. The molecule has 0 saturated carbocycles. The number of rotatable bonds is 5. The highest BCUT2D eigenvalue weighted by molar-refractivity contribution is 7.89. The Morgan fingerprint density at radius 2 is 1.73 bits per heavy atom. The molecule has 1 aliphatic rings. The maximum Gasteiger partial charge on any atom is 0.274 e. The quantitative estimate of drug-likeness (QED) is 0.615. The summed E-state index contributed by atoms with van der Waals surface area (Å²) in [6.07, 6.45) is 1.02. The van der Waals surface area contributed by atoms with Crippen molar-refractivity contribution in [1.82, 2.24) is 18.5 Å². The molecule has 1 amide bonds. The molecule has 1 fully saturated rings. The van der Waals surface area contributed by atoms with Crippen LogP contribution in [0.25, 0.3) is 5.65 Å². The fourth-order valence-electron chi connectivity index (χ4n) is 4.55. The van der Waals surface area contributed by atoms with E-state index in [1.807, 2.05) is 0 Å². The van der Waals surface area contributed by atoms with Crippen LogP contribution in [0, 0.1) is 25.7 Å². The fourth-order valence-corrected chi connectivity index (χ4v) is 6.23. The maximum absolute atomic E-state index is 13.0. The molecule has 0 unspecified atom stereocenters. The summed E-state index contributed by atoms with van der Waals surface area (Å²) in [5.41, 5.74) is 2.12. The number of hydrogen-bond donors (Lipinski definition) is 1. The van der Waals surface area contributed by atoms with Crippen molar-refractivity contribution >= 4 is 27.3 Å². The molecule has 176 valence electrons. The Bertz CT molecular complexity index is 1350. The van der Waals surface area contributed by atoms with Crippen molar-refractivity contribution in [3.8, 4) is 0 Å². The summed E-state index contributed by atoms with van der Waals surface area (Å²) in [6.45, 7) is 8.72. The van der Waals surface area contributed by atoms with Crippen LogP contribution in [0.1, 0.15) is 31.7 Å². The predicted octanol–water partition coefficient (Wildman–Crippen LogP) is 2.42. The Kier molecular flexibility index (Phi) is 6.15. The first-order chi connectivity index (χ1) is 15.5. The second kappa shape index (κ2) is 8.75. The average molecular weight is 472 g/mol. The number of nitrogens with zero attached hydrogens (tertiary/aromatic N) is 4. The molecule has 1 N–H and O–H groups in total. The Morgan fingerprint density at radius 1 is 1.09 bits per heavy atom. The summed E-state index contributed by atoms with van der Waals surface area (Å²) in [4.78, 5) is 25.1. The predicted molar refractivity (Wildman–Crippen MR) is 126 cm³/mol. The van der Waals surface area contributed by atoms with Crippen molar-refractivity contribution in [1.29, 1.82) is 0 Å². The summed E-state index contributed by atoms with van der Waals surface area (Å²) in [7, 11) is -3.58. The molecule has 3 heterocycles. The van der Waals surface area contributed by atoms with Gasteiger partial charge in [0.2, 0.25) is 15.9 Å². The Labute approximate surface area is 193 Å². The lowest BCUT2D eigenvalue weighted by molar-refractivity contribution is -0.116. The SMILES string of the molecule is Cc1cc2n(CC(=O)Nc3ccc(S(=O)(=O)N4C[C@@H](C)C[C@H](C)C4)cc3)c(C)cc(=O)n2n1. The average Bonchev–Trinajstić information content (AvgIpc) is 3.13. The topological polar surface area (TPSA) is 106 Å². The van der Waals surface area contributed by atoms with Gasteiger partial charge in [0.1, 0.15) is 12.2 Å². The summed E-state index contributed by atoms with van der Waals surface area (Å²) in [5.74, 6) is 0.353. The molecule has 2 atom stereocenters. The second-order valence-corrected chi connectivity index (χ2v) is 11.0. The van der Waals surface area contributed by atoms with Crippen molar-refractivity contribution in [2.75, 3.05) is 18.4 Å². The highest BCUT2D eigenvalue weighted by Crippen LogP contribution is 2.27. The van der Waals surface area contributed by atoms with Crippen molar-refractivity contribution < 1.29 is 13.2 Å². The van der Waals surface area contributed by atoms with E-state index < -0.39 is 10.0 Å². The number of aryl methyl sites for hydroxylation is 2. The first kappa shape index (κ1) is 23.2. The van der Waals surface area contributed by atoms with Crippen molar-refractivity contribution in [2.24, 2.45) is 11.8 Å². The van der Waals surface area contributed by atoms with Crippen LogP contribution in [0.5, 0.6) is 0 Å². The third kappa shape index (κ3) is 4.72. The van der Waals surface area contributed by atoms with Gasteiger partial charge in [-0.25, -0.2) is 8.42 Å². The Hall–Kier alpha value is -2.98. The number of benzene rings is 1. The van der Waals surface area contributed by atoms with Crippen LogP contribution in [0.3, 0.4) is 0 Å². The number of piperidine rings is 1. The number of sulfonamides is 1. The monoisotopic (exact) mass is 471 g/mol. The maximum atomic E-state index is 13.0. The van der Waals surface area contributed by atoms with E-state index in [0.29, 0.717) is 47.6 Å². The zero-order chi connectivity index (χ0) is 23.9. The van der Waals surface area contributed by atoms with Crippen LogP contribution in [-0.2, 0) is 21.4 Å². The van der Waals surface area contributed by atoms with Crippen LogP contribution < -0.4 is 10.9 Å². The molecular formula is C23H29N5O4S. The minimum atomic E-state index is -3.58. The van der Waals surface area contributed by atoms with Gasteiger partial charge in [0.15, 0.2) is 0 Å². The number of hydrogen-bond acceptors (Lipinski definition) is 5. The van der Waals surface area contributed by atoms with Gasteiger partial charge in [-0.2, -0.15) is 13.9 Å².